The first kappa shape index (κ1) is 15.4. The molecule has 0 aromatic carbocycles. The average Bonchev–Trinajstić information content (AvgIpc) is 2.94. The van der Waals surface area contributed by atoms with Crippen LogP contribution in [0.1, 0.15) is 24.2 Å². The summed E-state index contributed by atoms with van der Waals surface area (Å²) in [5.41, 5.74) is 6.65. The molecule has 0 amide bonds. The van der Waals surface area contributed by atoms with E-state index in [2.05, 4.69) is 9.82 Å². The van der Waals surface area contributed by atoms with Gasteiger partial charge in [-0.25, -0.2) is 13.1 Å². The van der Waals surface area contributed by atoms with Crippen molar-refractivity contribution in [1.29, 1.82) is 0 Å². The van der Waals surface area contributed by atoms with Crippen LogP contribution in [0.25, 0.3) is 0 Å². The van der Waals surface area contributed by atoms with E-state index in [0.29, 0.717) is 44.1 Å². The highest BCUT2D eigenvalue weighted by atomic mass is 32.2. The van der Waals surface area contributed by atoms with Crippen LogP contribution in [-0.2, 0) is 21.3 Å². The maximum absolute atomic E-state index is 12.5. The summed E-state index contributed by atoms with van der Waals surface area (Å²) in [6, 6.07) is -0.147. The van der Waals surface area contributed by atoms with Gasteiger partial charge in [-0.3, -0.25) is 4.68 Å². The first-order chi connectivity index (χ1) is 9.45. The van der Waals surface area contributed by atoms with Gasteiger partial charge < -0.3 is 10.5 Å². The fourth-order valence-corrected chi connectivity index (χ4v) is 4.10. The van der Waals surface area contributed by atoms with Gasteiger partial charge in [-0.2, -0.15) is 5.10 Å². The highest BCUT2D eigenvalue weighted by Crippen LogP contribution is 2.20. The minimum absolute atomic E-state index is 0.147. The third-order valence-electron chi connectivity index (χ3n) is 3.41. The molecule has 0 radical (unpaired) electrons. The smallest absolute Gasteiger partial charge is 0.244 e. The zero-order chi connectivity index (χ0) is 14.8. The fourth-order valence-electron chi connectivity index (χ4n) is 2.43. The Morgan fingerprint density at radius 3 is 2.85 bits per heavy atom. The lowest BCUT2D eigenvalue weighted by Crippen LogP contribution is -2.35. The second kappa shape index (κ2) is 6.21. The predicted molar refractivity (Wildman–Crippen MR) is 74.9 cm³/mol. The van der Waals surface area contributed by atoms with E-state index in [1.165, 1.54) is 0 Å². The molecule has 2 heterocycles. The van der Waals surface area contributed by atoms with E-state index in [0.717, 1.165) is 6.42 Å². The molecule has 0 aliphatic carbocycles. The monoisotopic (exact) mass is 302 g/mol. The molecule has 1 aliphatic rings. The van der Waals surface area contributed by atoms with Gasteiger partial charge in [0, 0.05) is 19.2 Å². The summed E-state index contributed by atoms with van der Waals surface area (Å²) in [6.07, 6.45) is 1.48. The molecule has 1 aromatic heterocycles. The van der Waals surface area contributed by atoms with E-state index in [1.807, 2.05) is 0 Å². The van der Waals surface area contributed by atoms with Crippen molar-refractivity contribution in [1.82, 2.24) is 14.5 Å². The van der Waals surface area contributed by atoms with Crippen molar-refractivity contribution in [2.75, 3.05) is 19.8 Å². The quantitative estimate of drug-likeness (QED) is 0.765. The first-order valence-electron chi connectivity index (χ1n) is 6.80. The van der Waals surface area contributed by atoms with Crippen LogP contribution in [0.5, 0.6) is 0 Å². The number of nitrogens with one attached hydrogen (secondary N) is 1. The molecule has 1 atom stereocenters. The zero-order valence-corrected chi connectivity index (χ0v) is 12.7. The van der Waals surface area contributed by atoms with Crippen molar-refractivity contribution in [3.63, 3.8) is 0 Å². The van der Waals surface area contributed by atoms with E-state index < -0.39 is 10.0 Å². The second-order valence-electron chi connectivity index (χ2n) is 5.05. The van der Waals surface area contributed by atoms with Crippen LogP contribution in [0.15, 0.2) is 4.90 Å². The lowest BCUT2D eigenvalue weighted by molar-refractivity contribution is 0.192. The lowest BCUT2D eigenvalue weighted by Gasteiger charge is -2.11. The maximum atomic E-state index is 12.5. The van der Waals surface area contributed by atoms with Crippen LogP contribution in [-0.4, -0.2) is 44.0 Å². The largest absolute Gasteiger partial charge is 0.380 e. The number of ether oxygens (including phenoxy) is 1. The van der Waals surface area contributed by atoms with Gasteiger partial charge in [-0.05, 0) is 33.2 Å². The van der Waals surface area contributed by atoms with Gasteiger partial charge in [0.15, 0.2) is 0 Å². The van der Waals surface area contributed by atoms with E-state index in [-0.39, 0.29) is 10.9 Å². The third-order valence-corrected chi connectivity index (χ3v) is 5.18. The molecule has 1 aliphatic heterocycles. The van der Waals surface area contributed by atoms with Crippen molar-refractivity contribution < 1.29 is 13.2 Å². The van der Waals surface area contributed by atoms with Crippen LogP contribution < -0.4 is 10.5 Å². The van der Waals surface area contributed by atoms with Gasteiger partial charge in [0.25, 0.3) is 0 Å². The van der Waals surface area contributed by atoms with Gasteiger partial charge in [0.05, 0.1) is 18.0 Å². The summed E-state index contributed by atoms with van der Waals surface area (Å²) in [4.78, 5) is 0.279. The van der Waals surface area contributed by atoms with E-state index in [4.69, 9.17) is 10.5 Å². The molecule has 1 unspecified atom stereocenters. The molecule has 0 bridgehead atoms. The molecular weight excluding hydrogens is 280 g/mol. The molecule has 20 heavy (non-hydrogen) atoms. The van der Waals surface area contributed by atoms with Gasteiger partial charge in [0.2, 0.25) is 10.0 Å². The molecule has 1 fully saturated rings. The van der Waals surface area contributed by atoms with Crippen molar-refractivity contribution in [3.8, 4) is 0 Å². The summed E-state index contributed by atoms with van der Waals surface area (Å²) < 4.78 is 34.5. The first-order valence-corrected chi connectivity index (χ1v) is 8.28. The molecule has 0 spiro atoms. The number of rotatable bonds is 6. The summed E-state index contributed by atoms with van der Waals surface area (Å²) in [5.74, 6) is 0. The van der Waals surface area contributed by atoms with Crippen LogP contribution in [0.3, 0.4) is 0 Å². The number of hydrogen-bond donors (Lipinski definition) is 2. The second-order valence-corrected chi connectivity index (χ2v) is 6.70. The molecular formula is C12H22N4O3S. The minimum atomic E-state index is -3.55. The Bertz CT molecular complexity index is 562. The average molecular weight is 302 g/mol. The SMILES string of the molecule is Cc1nn(CCCN)c(C)c1S(=O)(=O)NC1CCOC1. The van der Waals surface area contributed by atoms with Crippen LogP contribution in [0.2, 0.25) is 0 Å². The predicted octanol–water partition coefficient (Wildman–Crippen LogP) is -0.0841. The van der Waals surface area contributed by atoms with Crippen molar-refractivity contribution in [2.24, 2.45) is 5.73 Å². The highest BCUT2D eigenvalue weighted by Gasteiger charge is 2.28. The number of nitrogens with zero attached hydrogens (tertiary/aromatic N) is 2. The minimum Gasteiger partial charge on any atom is -0.380 e. The lowest BCUT2D eigenvalue weighted by atomic mass is 10.3. The number of nitrogens with two attached hydrogens (primary N) is 1. The van der Waals surface area contributed by atoms with Crippen LogP contribution >= 0.6 is 0 Å². The highest BCUT2D eigenvalue weighted by molar-refractivity contribution is 7.89. The Morgan fingerprint density at radius 2 is 2.25 bits per heavy atom. The Kier molecular flexibility index (Phi) is 4.79. The molecule has 114 valence electrons. The van der Waals surface area contributed by atoms with Gasteiger partial charge in [0.1, 0.15) is 4.90 Å². The summed E-state index contributed by atoms with van der Waals surface area (Å²) in [5, 5.41) is 4.30. The zero-order valence-electron chi connectivity index (χ0n) is 11.9. The number of hydrogen-bond acceptors (Lipinski definition) is 5. The van der Waals surface area contributed by atoms with Gasteiger partial charge in [-0.1, -0.05) is 0 Å². The van der Waals surface area contributed by atoms with Gasteiger partial charge >= 0.3 is 0 Å². The van der Waals surface area contributed by atoms with Crippen LogP contribution in [0.4, 0.5) is 0 Å². The summed E-state index contributed by atoms with van der Waals surface area (Å²) in [7, 11) is -3.55. The normalized spacial score (nSPS) is 19.6. The van der Waals surface area contributed by atoms with Crippen molar-refractivity contribution in [3.05, 3.63) is 11.4 Å². The van der Waals surface area contributed by atoms with E-state index >= 15 is 0 Å². The standard InChI is InChI=1S/C12H22N4O3S/c1-9-12(10(2)16(14-9)6-3-5-13)20(17,18)15-11-4-7-19-8-11/h11,15H,3-8,13H2,1-2H3. The fraction of sp³-hybridized carbons (Fsp3) is 0.750. The number of aromatic nitrogens is 2. The molecule has 0 saturated carbocycles. The Labute approximate surface area is 119 Å². The Balaban J connectivity index is 2.24. The molecule has 1 aromatic rings. The molecule has 7 nitrogen and oxygen atoms in total. The Hall–Kier alpha value is -0.960. The molecule has 1 saturated heterocycles. The topological polar surface area (TPSA) is 99.2 Å². The number of sulfonamides is 1. The summed E-state index contributed by atoms with van der Waals surface area (Å²) in [6.45, 7) is 5.70. The summed E-state index contributed by atoms with van der Waals surface area (Å²) >= 11 is 0. The van der Waals surface area contributed by atoms with E-state index in [9.17, 15) is 8.42 Å². The molecule has 2 rings (SSSR count). The van der Waals surface area contributed by atoms with Crippen molar-refractivity contribution >= 4 is 10.0 Å². The molecule has 8 heteroatoms. The number of aryl methyl sites for hydroxylation is 2. The van der Waals surface area contributed by atoms with Crippen molar-refractivity contribution in [2.45, 2.75) is 44.2 Å². The Morgan fingerprint density at radius 1 is 1.50 bits per heavy atom. The maximum Gasteiger partial charge on any atom is 0.244 e. The van der Waals surface area contributed by atoms with E-state index in [1.54, 1.807) is 18.5 Å². The third kappa shape index (κ3) is 3.20. The van der Waals surface area contributed by atoms with Gasteiger partial charge in [-0.15, -0.1) is 0 Å². The van der Waals surface area contributed by atoms with Crippen LogP contribution in [0, 0.1) is 13.8 Å². The molecule has 3 N–H and O–H groups in total.